The lowest BCUT2D eigenvalue weighted by atomic mass is 10.1. The van der Waals surface area contributed by atoms with E-state index in [-0.39, 0.29) is 23.0 Å². The second-order valence-electron chi connectivity index (χ2n) is 4.40. The van der Waals surface area contributed by atoms with E-state index in [2.05, 4.69) is 10.1 Å². The van der Waals surface area contributed by atoms with Crippen LogP contribution in [0.15, 0.2) is 22.7 Å². The molecule has 5 nitrogen and oxygen atoms in total. The molecule has 0 aliphatic rings. The molecule has 0 fully saturated rings. The molecule has 2 rings (SSSR count). The third kappa shape index (κ3) is 3.52. The van der Waals surface area contributed by atoms with Gasteiger partial charge < -0.3 is 15.0 Å². The second kappa shape index (κ2) is 5.72. The van der Waals surface area contributed by atoms with Crippen molar-refractivity contribution in [2.45, 2.75) is 26.1 Å². The van der Waals surface area contributed by atoms with Crippen LogP contribution in [-0.2, 0) is 10.9 Å². The average Bonchev–Trinajstić information content (AvgIpc) is 2.87. The van der Waals surface area contributed by atoms with E-state index in [1.54, 1.807) is 6.92 Å². The highest BCUT2D eigenvalue weighted by molar-refractivity contribution is 5.62. The fraction of sp³-hybridized carbons (Fsp3) is 0.385. The summed E-state index contributed by atoms with van der Waals surface area (Å²) in [6.07, 6.45) is -4.90. The largest absolute Gasteiger partial charge is 0.416 e. The maximum Gasteiger partial charge on any atom is 0.416 e. The lowest BCUT2D eigenvalue weighted by molar-refractivity contribution is -0.137. The van der Waals surface area contributed by atoms with E-state index in [0.29, 0.717) is 6.61 Å². The number of aromatic nitrogens is 2. The van der Waals surface area contributed by atoms with Gasteiger partial charge in [0.25, 0.3) is 5.89 Å². The fourth-order valence-corrected chi connectivity index (χ4v) is 1.78. The van der Waals surface area contributed by atoms with E-state index in [4.69, 9.17) is 15.0 Å². The molecule has 1 aromatic heterocycles. The first-order chi connectivity index (χ1) is 9.81. The Balaban J connectivity index is 2.36. The lowest BCUT2D eigenvalue weighted by Crippen LogP contribution is -2.06. The number of hydrogen-bond acceptors (Lipinski definition) is 5. The Morgan fingerprint density at radius 2 is 2.05 bits per heavy atom. The Bertz CT molecular complexity index is 625. The van der Waals surface area contributed by atoms with Crippen molar-refractivity contribution in [1.29, 1.82) is 0 Å². The van der Waals surface area contributed by atoms with Crippen molar-refractivity contribution in [1.82, 2.24) is 10.1 Å². The number of nitrogens with two attached hydrogens (primary N) is 1. The summed E-state index contributed by atoms with van der Waals surface area (Å²) in [6.45, 7) is 3.99. The Morgan fingerprint density at radius 3 is 2.67 bits per heavy atom. The van der Waals surface area contributed by atoms with E-state index >= 15 is 0 Å². The van der Waals surface area contributed by atoms with Gasteiger partial charge in [0.1, 0.15) is 6.10 Å². The first-order valence-electron chi connectivity index (χ1n) is 6.24. The molecular formula is C13H14F3N3O2. The number of halogens is 3. The number of nitrogen functional groups attached to an aromatic ring is 1. The second-order valence-corrected chi connectivity index (χ2v) is 4.40. The van der Waals surface area contributed by atoms with Gasteiger partial charge in [-0.05, 0) is 32.0 Å². The Kier molecular flexibility index (Phi) is 4.17. The summed E-state index contributed by atoms with van der Waals surface area (Å²) in [5, 5.41) is 3.70. The van der Waals surface area contributed by atoms with Gasteiger partial charge in [-0.15, -0.1) is 0 Å². The summed E-state index contributed by atoms with van der Waals surface area (Å²) in [5.41, 5.74) is 4.71. The van der Waals surface area contributed by atoms with E-state index in [1.807, 2.05) is 6.92 Å². The van der Waals surface area contributed by atoms with Gasteiger partial charge in [0, 0.05) is 17.9 Å². The van der Waals surface area contributed by atoms with Crippen molar-refractivity contribution in [3.8, 4) is 11.5 Å². The third-order valence-corrected chi connectivity index (χ3v) is 2.75. The maximum atomic E-state index is 12.8. The minimum Gasteiger partial charge on any atom is -0.399 e. The molecule has 0 amide bonds. The molecule has 0 bridgehead atoms. The molecule has 1 heterocycles. The average molecular weight is 301 g/mol. The molecule has 0 aliphatic heterocycles. The van der Waals surface area contributed by atoms with Gasteiger partial charge in [0.05, 0.1) is 5.56 Å². The smallest absolute Gasteiger partial charge is 0.399 e. The predicted octanol–water partition coefficient (Wildman–Crippen LogP) is 3.44. The first-order valence-corrected chi connectivity index (χ1v) is 6.24. The molecular weight excluding hydrogens is 287 g/mol. The van der Waals surface area contributed by atoms with E-state index in [9.17, 15) is 13.2 Å². The molecule has 1 aromatic carbocycles. The van der Waals surface area contributed by atoms with E-state index < -0.39 is 17.8 Å². The number of anilines is 1. The number of nitrogens with zero attached hydrogens (tertiary/aromatic N) is 2. The van der Waals surface area contributed by atoms with Crippen molar-refractivity contribution in [3.05, 3.63) is 29.6 Å². The zero-order valence-corrected chi connectivity index (χ0v) is 11.4. The molecule has 8 heteroatoms. The lowest BCUT2D eigenvalue weighted by Gasteiger charge is -2.08. The Labute approximate surface area is 118 Å². The van der Waals surface area contributed by atoms with Gasteiger partial charge in [0.2, 0.25) is 5.82 Å². The van der Waals surface area contributed by atoms with Gasteiger partial charge in [-0.2, -0.15) is 18.2 Å². The Hall–Kier alpha value is -2.09. The zero-order chi connectivity index (χ0) is 15.6. The summed E-state index contributed by atoms with van der Waals surface area (Å²) in [4.78, 5) is 4.04. The van der Waals surface area contributed by atoms with Gasteiger partial charge in [-0.25, -0.2) is 0 Å². The van der Waals surface area contributed by atoms with Crippen LogP contribution in [-0.4, -0.2) is 16.7 Å². The quantitative estimate of drug-likeness (QED) is 0.876. The van der Waals surface area contributed by atoms with Crippen LogP contribution in [0.4, 0.5) is 18.9 Å². The Morgan fingerprint density at radius 1 is 1.33 bits per heavy atom. The molecule has 0 radical (unpaired) electrons. The molecule has 0 aliphatic carbocycles. The summed E-state index contributed by atoms with van der Waals surface area (Å²) in [6, 6.07) is 3.11. The zero-order valence-electron chi connectivity index (χ0n) is 11.4. The maximum absolute atomic E-state index is 12.8. The van der Waals surface area contributed by atoms with Crippen LogP contribution >= 0.6 is 0 Å². The standard InChI is InChI=1S/C13H14F3N3O2/c1-3-20-7(2)11-18-12(21-19-11)8-4-9(13(14,15)16)6-10(17)5-8/h4-7H,3,17H2,1-2H3. The van der Waals surface area contributed by atoms with Gasteiger partial charge in [-0.1, -0.05) is 5.16 Å². The van der Waals surface area contributed by atoms with Crippen LogP contribution in [0.25, 0.3) is 11.5 Å². The number of alkyl halides is 3. The van der Waals surface area contributed by atoms with Crippen LogP contribution in [0.1, 0.15) is 31.3 Å². The van der Waals surface area contributed by atoms with Gasteiger partial charge in [0.15, 0.2) is 0 Å². The highest BCUT2D eigenvalue weighted by Crippen LogP contribution is 2.34. The molecule has 0 saturated carbocycles. The summed E-state index contributed by atoms with van der Waals surface area (Å²) in [5.74, 6) is 0.234. The van der Waals surface area contributed by atoms with Crippen molar-refractivity contribution in [2.24, 2.45) is 0 Å². The highest BCUT2D eigenvalue weighted by atomic mass is 19.4. The minimum absolute atomic E-state index is 0.0302. The third-order valence-electron chi connectivity index (χ3n) is 2.75. The van der Waals surface area contributed by atoms with Crippen molar-refractivity contribution >= 4 is 5.69 Å². The van der Waals surface area contributed by atoms with Crippen LogP contribution in [0.2, 0.25) is 0 Å². The van der Waals surface area contributed by atoms with Crippen molar-refractivity contribution in [2.75, 3.05) is 12.3 Å². The predicted molar refractivity (Wildman–Crippen MR) is 69.2 cm³/mol. The monoisotopic (exact) mass is 301 g/mol. The van der Waals surface area contributed by atoms with Crippen LogP contribution < -0.4 is 5.73 Å². The number of rotatable bonds is 4. The van der Waals surface area contributed by atoms with Crippen molar-refractivity contribution in [3.63, 3.8) is 0 Å². The molecule has 1 atom stereocenters. The molecule has 1 unspecified atom stereocenters. The normalized spacial score (nSPS) is 13.4. The minimum atomic E-state index is -4.49. The van der Waals surface area contributed by atoms with E-state index in [1.165, 1.54) is 6.07 Å². The van der Waals surface area contributed by atoms with Gasteiger partial charge in [-0.3, -0.25) is 0 Å². The van der Waals surface area contributed by atoms with Crippen molar-refractivity contribution < 1.29 is 22.4 Å². The summed E-state index contributed by atoms with van der Waals surface area (Å²) >= 11 is 0. The first kappa shape index (κ1) is 15.3. The fourth-order valence-electron chi connectivity index (χ4n) is 1.78. The summed E-state index contributed by atoms with van der Waals surface area (Å²) in [7, 11) is 0. The molecule has 114 valence electrons. The molecule has 0 saturated heterocycles. The SMILES string of the molecule is CCOC(C)c1noc(-c2cc(N)cc(C(F)(F)F)c2)n1. The molecule has 0 spiro atoms. The number of benzene rings is 1. The number of hydrogen-bond donors (Lipinski definition) is 1. The molecule has 21 heavy (non-hydrogen) atoms. The van der Waals surface area contributed by atoms with Crippen LogP contribution in [0.3, 0.4) is 0 Å². The highest BCUT2D eigenvalue weighted by Gasteiger charge is 2.31. The number of ether oxygens (including phenoxy) is 1. The van der Waals surface area contributed by atoms with Gasteiger partial charge >= 0.3 is 6.18 Å². The molecule has 2 aromatic rings. The van der Waals surface area contributed by atoms with Crippen LogP contribution in [0.5, 0.6) is 0 Å². The summed E-state index contributed by atoms with van der Waals surface area (Å²) < 4.78 is 48.5. The topological polar surface area (TPSA) is 74.2 Å². The molecule has 2 N–H and O–H groups in total. The van der Waals surface area contributed by atoms with E-state index in [0.717, 1.165) is 12.1 Å². The van der Waals surface area contributed by atoms with Crippen LogP contribution in [0, 0.1) is 0 Å².